The van der Waals surface area contributed by atoms with Crippen LogP contribution in [0.25, 0.3) is 0 Å². The molecular weight excluding hydrogens is 216 g/mol. The average molecular weight is 240 g/mol. The van der Waals surface area contributed by atoms with E-state index in [1.54, 1.807) is 0 Å². The molecule has 1 atom stereocenters. The number of ether oxygens (including phenoxy) is 2. The van der Waals surface area contributed by atoms with Gasteiger partial charge in [-0.2, -0.15) is 0 Å². The Morgan fingerprint density at radius 2 is 1.76 bits per heavy atom. The summed E-state index contributed by atoms with van der Waals surface area (Å²) in [6.45, 7) is 4.61. The predicted octanol–water partition coefficient (Wildman–Crippen LogP) is 2.92. The van der Waals surface area contributed by atoms with Crippen LogP contribution in [0.1, 0.15) is 52.4 Å². The Kier molecular flexibility index (Phi) is 3.76. The van der Waals surface area contributed by atoms with Crippen molar-refractivity contribution in [3.8, 4) is 0 Å². The normalized spacial score (nSPS) is 26.5. The van der Waals surface area contributed by atoms with Gasteiger partial charge in [0.1, 0.15) is 0 Å². The summed E-state index contributed by atoms with van der Waals surface area (Å²) in [5.74, 6) is 0.231. The maximum atomic E-state index is 11.6. The maximum absolute atomic E-state index is 11.6. The second-order valence-corrected chi connectivity index (χ2v) is 6.28. The zero-order chi connectivity index (χ0) is 12.5. The fraction of sp³-hybridized carbons (Fsp3) is 0.929. The monoisotopic (exact) mass is 240 g/mol. The average Bonchev–Trinajstić information content (AvgIpc) is 3.11. The number of rotatable bonds is 4. The van der Waals surface area contributed by atoms with Gasteiger partial charge in [-0.15, -0.1) is 0 Å². The zero-order valence-corrected chi connectivity index (χ0v) is 11.2. The van der Waals surface area contributed by atoms with Crippen molar-refractivity contribution in [1.29, 1.82) is 0 Å². The van der Waals surface area contributed by atoms with Crippen LogP contribution in [0, 0.1) is 11.3 Å². The van der Waals surface area contributed by atoms with Gasteiger partial charge in [-0.05, 0) is 49.9 Å². The first kappa shape index (κ1) is 12.9. The summed E-state index contributed by atoms with van der Waals surface area (Å²) in [4.78, 5) is 11.6. The summed E-state index contributed by atoms with van der Waals surface area (Å²) in [5.41, 5.74) is 0.445. The van der Waals surface area contributed by atoms with Crippen LogP contribution in [0.15, 0.2) is 0 Å². The first-order valence-corrected chi connectivity index (χ1v) is 6.75. The van der Waals surface area contributed by atoms with Crippen LogP contribution in [-0.4, -0.2) is 25.3 Å². The van der Waals surface area contributed by atoms with Gasteiger partial charge < -0.3 is 9.47 Å². The molecular formula is C14H24O3. The van der Waals surface area contributed by atoms with Gasteiger partial charge in [-0.1, -0.05) is 13.8 Å². The third-order valence-electron chi connectivity index (χ3n) is 4.11. The van der Waals surface area contributed by atoms with Crippen LogP contribution >= 0.6 is 0 Å². The van der Waals surface area contributed by atoms with Crippen LogP contribution in [0.5, 0.6) is 0 Å². The summed E-state index contributed by atoms with van der Waals surface area (Å²) in [7, 11) is 1.45. The zero-order valence-electron chi connectivity index (χ0n) is 11.2. The predicted molar refractivity (Wildman–Crippen MR) is 65.7 cm³/mol. The molecule has 0 heterocycles. The van der Waals surface area contributed by atoms with Crippen LogP contribution in [0.3, 0.4) is 0 Å². The molecule has 2 saturated carbocycles. The lowest BCUT2D eigenvalue weighted by atomic mass is 9.76. The molecule has 2 fully saturated rings. The van der Waals surface area contributed by atoms with Gasteiger partial charge in [0.25, 0.3) is 0 Å². The highest BCUT2D eigenvalue weighted by molar-refractivity contribution is 5.75. The summed E-state index contributed by atoms with van der Waals surface area (Å²) >= 11 is 0. The molecule has 98 valence electrons. The van der Waals surface area contributed by atoms with Crippen LogP contribution in [-0.2, 0) is 14.3 Å². The lowest BCUT2D eigenvalue weighted by Crippen LogP contribution is -2.35. The van der Waals surface area contributed by atoms with Crippen LogP contribution in [0.4, 0.5) is 0 Å². The van der Waals surface area contributed by atoms with Crippen molar-refractivity contribution >= 4 is 5.97 Å². The van der Waals surface area contributed by atoms with Gasteiger partial charge >= 0.3 is 5.97 Å². The van der Waals surface area contributed by atoms with E-state index < -0.39 is 0 Å². The highest BCUT2D eigenvalue weighted by Crippen LogP contribution is 2.40. The molecule has 0 amide bonds. The second-order valence-electron chi connectivity index (χ2n) is 6.28. The molecule has 2 aliphatic carbocycles. The molecule has 2 aliphatic rings. The fourth-order valence-corrected chi connectivity index (χ4v) is 2.59. The van der Waals surface area contributed by atoms with E-state index in [9.17, 15) is 4.79 Å². The number of hydrogen-bond donors (Lipinski definition) is 0. The second kappa shape index (κ2) is 4.97. The lowest BCUT2D eigenvalue weighted by molar-refractivity contribution is -0.162. The van der Waals surface area contributed by atoms with Crippen molar-refractivity contribution in [3.63, 3.8) is 0 Å². The minimum Gasteiger partial charge on any atom is -0.467 e. The van der Waals surface area contributed by atoms with E-state index >= 15 is 0 Å². The minimum atomic E-state index is -0.300. The molecule has 3 heteroatoms. The van der Waals surface area contributed by atoms with Gasteiger partial charge in [0.15, 0.2) is 6.10 Å². The quantitative estimate of drug-likeness (QED) is 0.709. The Bertz CT molecular complexity index is 271. The number of esters is 1. The topological polar surface area (TPSA) is 35.5 Å². The summed E-state index contributed by atoms with van der Waals surface area (Å²) in [6.07, 6.45) is 6.71. The van der Waals surface area contributed by atoms with Crippen LogP contribution in [0.2, 0.25) is 0 Å². The molecule has 0 saturated heterocycles. The highest BCUT2D eigenvalue weighted by atomic mass is 16.6. The SMILES string of the molecule is COC(=O)C(OC1CCC(C)(C)CC1)C1CC1. The molecule has 0 aromatic carbocycles. The summed E-state index contributed by atoms with van der Waals surface area (Å²) in [5, 5.41) is 0. The Morgan fingerprint density at radius 3 is 2.24 bits per heavy atom. The number of carbonyl (C=O) groups excluding carboxylic acids is 1. The molecule has 0 bridgehead atoms. The number of methoxy groups -OCH3 is 1. The van der Waals surface area contributed by atoms with E-state index in [0.29, 0.717) is 11.3 Å². The van der Waals surface area contributed by atoms with Gasteiger partial charge in [-0.25, -0.2) is 4.79 Å². The molecule has 0 aliphatic heterocycles. The van der Waals surface area contributed by atoms with Crippen LogP contribution < -0.4 is 0 Å². The van der Waals surface area contributed by atoms with E-state index in [1.807, 2.05) is 0 Å². The third-order valence-corrected chi connectivity index (χ3v) is 4.11. The molecule has 0 aromatic heterocycles. The smallest absolute Gasteiger partial charge is 0.335 e. The van der Waals surface area contributed by atoms with E-state index in [2.05, 4.69) is 13.8 Å². The molecule has 0 spiro atoms. The van der Waals surface area contributed by atoms with Crippen molar-refractivity contribution in [2.45, 2.75) is 64.6 Å². The lowest BCUT2D eigenvalue weighted by Gasteiger charge is -2.35. The Hall–Kier alpha value is -0.570. The molecule has 17 heavy (non-hydrogen) atoms. The van der Waals surface area contributed by atoms with Crippen molar-refractivity contribution in [2.75, 3.05) is 7.11 Å². The Labute approximate surface area is 104 Å². The van der Waals surface area contributed by atoms with E-state index in [4.69, 9.17) is 9.47 Å². The summed E-state index contributed by atoms with van der Waals surface area (Å²) < 4.78 is 10.8. The molecule has 1 unspecified atom stereocenters. The maximum Gasteiger partial charge on any atom is 0.335 e. The minimum absolute atomic E-state index is 0.183. The van der Waals surface area contributed by atoms with E-state index in [-0.39, 0.29) is 18.2 Å². The van der Waals surface area contributed by atoms with E-state index in [0.717, 1.165) is 25.7 Å². The molecule has 0 aromatic rings. The number of hydrogen-bond acceptors (Lipinski definition) is 3. The summed E-state index contributed by atoms with van der Waals surface area (Å²) in [6, 6.07) is 0. The van der Waals surface area contributed by atoms with Crippen molar-refractivity contribution in [2.24, 2.45) is 11.3 Å². The fourth-order valence-electron chi connectivity index (χ4n) is 2.59. The van der Waals surface area contributed by atoms with Crippen molar-refractivity contribution in [1.82, 2.24) is 0 Å². The van der Waals surface area contributed by atoms with Gasteiger partial charge in [0.05, 0.1) is 13.2 Å². The third kappa shape index (κ3) is 3.44. The van der Waals surface area contributed by atoms with Gasteiger partial charge in [-0.3, -0.25) is 0 Å². The molecule has 3 nitrogen and oxygen atoms in total. The molecule has 0 radical (unpaired) electrons. The Balaban J connectivity index is 1.84. The van der Waals surface area contributed by atoms with Gasteiger partial charge in [0, 0.05) is 0 Å². The van der Waals surface area contributed by atoms with Gasteiger partial charge in [0.2, 0.25) is 0 Å². The highest BCUT2D eigenvalue weighted by Gasteiger charge is 2.40. The van der Waals surface area contributed by atoms with Crippen molar-refractivity contribution < 1.29 is 14.3 Å². The largest absolute Gasteiger partial charge is 0.467 e. The Morgan fingerprint density at radius 1 is 1.18 bits per heavy atom. The number of carbonyl (C=O) groups is 1. The first-order chi connectivity index (χ1) is 8.02. The first-order valence-electron chi connectivity index (χ1n) is 6.75. The molecule has 2 rings (SSSR count). The van der Waals surface area contributed by atoms with E-state index in [1.165, 1.54) is 20.0 Å². The molecule has 0 N–H and O–H groups in total. The van der Waals surface area contributed by atoms with Crippen molar-refractivity contribution in [3.05, 3.63) is 0 Å². The standard InChI is InChI=1S/C14H24O3/c1-14(2)8-6-11(7-9-14)17-12(10-4-5-10)13(15)16-3/h10-12H,4-9H2,1-3H3.